The van der Waals surface area contributed by atoms with Gasteiger partial charge in [0.25, 0.3) is 5.56 Å². The minimum Gasteiger partial charge on any atom is -0.341 e. The van der Waals surface area contributed by atoms with Gasteiger partial charge in [0.15, 0.2) is 0 Å². The molecule has 0 bridgehead atoms. The number of rotatable bonds is 5. The lowest BCUT2D eigenvalue weighted by molar-refractivity contribution is -0.130. The third-order valence-electron chi connectivity index (χ3n) is 5.17. The van der Waals surface area contributed by atoms with E-state index in [4.69, 9.17) is 0 Å². The molecule has 1 N–H and O–H groups in total. The molecular weight excluding hydrogens is 350 g/mol. The number of carbonyl (C=O) groups excluding carboxylic acids is 1. The molecule has 0 saturated heterocycles. The van der Waals surface area contributed by atoms with E-state index in [1.54, 1.807) is 25.8 Å². The molecule has 5 nitrogen and oxygen atoms in total. The van der Waals surface area contributed by atoms with Crippen LogP contribution in [0.4, 0.5) is 0 Å². The molecule has 5 heteroatoms. The number of pyridine rings is 1. The molecule has 0 spiro atoms. The van der Waals surface area contributed by atoms with Crippen molar-refractivity contribution >= 4 is 16.7 Å². The number of nitrogens with zero attached hydrogens (tertiary/aromatic N) is 2. The third-order valence-corrected chi connectivity index (χ3v) is 5.17. The number of aryl methyl sites for hydroxylation is 1. The van der Waals surface area contributed by atoms with Crippen molar-refractivity contribution in [2.75, 3.05) is 7.05 Å². The first-order valence-corrected chi connectivity index (χ1v) is 9.24. The van der Waals surface area contributed by atoms with Crippen LogP contribution in [0.3, 0.4) is 0 Å². The van der Waals surface area contributed by atoms with Gasteiger partial charge >= 0.3 is 0 Å². The van der Waals surface area contributed by atoms with Gasteiger partial charge in [0, 0.05) is 25.7 Å². The van der Waals surface area contributed by atoms with Crippen LogP contribution in [-0.2, 0) is 17.8 Å². The van der Waals surface area contributed by atoms with E-state index in [1.807, 2.05) is 24.3 Å². The fourth-order valence-electron chi connectivity index (χ4n) is 3.54. The lowest BCUT2D eigenvalue weighted by Gasteiger charge is -2.18. The minimum atomic E-state index is -0.374. The lowest BCUT2D eigenvalue weighted by Crippen LogP contribution is -2.27. The van der Waals surface area contributed by atoms with Crippen LogP contribution in [0.25, 0.3) is 10.8 Å². The van der Waals surface area contributed by atoms with E-state index < -0.39 is 0 Å². The molecule has 142 valence electrons. The Hall–Kier alpha value is -3.39. The Bertz CT molecular complexity index is 1140. The summed E-state index contributed by atoms with van der Waals surface area (Å²) in [5.74, 6) is 0.0247. The number of hydrogen-bond acceptors (Lipinski definition) is 3. The van der Waals surface area contributed by atoms with Gasteiger partial charge < -0.3 is 9.88 Å². The average molecular weight is 373 g/mol. The highest BCUT2D eigenvalue weighted by Crippen LogP contribution is 2.18. The van der Waals surface area contributed by atoms with Crippen molar-refractivity contribution in [1.82, 2.24) is 9.88 Å². The van der Waals surface area contributed by atoms with Crippen LogP contribution in [-0.4, -0.2) is 22.8 Å². The molecule has 0 unspecified atom stereocenters. The van der Waals surface area contributed by atoms with Gasteiger partial charge in [0.1, 0.15) is 11.6 Å². The zero-order valence-corrected chi connectivity index (χ0v) is 16.4. The van der Waals surface area contributed by atoms with Gasteiger partial charge in [0.2, 0.25) is 5.91 Å². The summed E-state index contributed by atoms with van der Waals surface area (Å²) in [5, 5.41) is 11.5. The highest BCUT2D eigenvalue weighted by Gasteiger charge is 2.15. The molecule has 2 aromatic carbocycles. The van der Waals surface area contributed by atoms with Gasteiger partial charge in [-0.2, -0.15) is 5.26 Å². The topological polar surface area (TPSA) is 77.0 Å². The van der Waals surface area contributed by atoms with Crippen molar-refractivity contribution in [3.8, 4) is 6.07 Å². The number of nitriles is 1. The fraction of sp³-hybridized carbons (Fsp3) is 0.261. The number of amides is 1. The number of nitrogens with one attached hydrogen (secondary N) is 1. The summed E-state index contributed by atoms with van der Waals surface area (Å²) in [4.78, 5) is 28.9. The van der Waals surface area contributed by atoms with Gasteiger partial charge in [-0.1, -0.05) is 36.4 Å². The summed E-state index contributed by atoms with van der Waals surface area (Å²) in [6, 6.07) is 16.3. The number of aromatic nitrogens is 1. The summed E-state index contributed by atoms with van der Waals surface area (Å²) in [6.07, 6.45) is 0.812. The number of fused-ring (bicyclic) bond motifs is 1. The first-order chi connectivity index (χ1) is 13.4. The molecular formula is C23H23N3O2. The number of aromatic amines is 1. The molecule has 3 rings (SSSR count). The monoisotopic (exact) mass is 373 g/mol. The van der Waals surface area contributed by atoms with Crippen LogP contribution in [0.5, 0.6) is 0 Å². The van der Waals surface area contributed by atoms with E-state index in [2.05, 4.69) is 29.2 Å². The van der Waals surface area contributed by atoms with Crippen LogP contribution < -0.4 is 5.56 Å². The van der Waals surface area contributed by atoms with Crippen molar-refractivity contribution in [3.63, 3.8) is 0 Å². The van der Waals surface area contributed by atoms with E-state index >= 15 is 0 Å². The van der Waals surface area contributed by atoms with Crippen molar-refractivity contribution in [2.24, 2.45) is 0 Å². The summed E-state index contributed by atoms with van der Waals surface area (Å²) < 4.78 is 0. The molecule has 0 atom stereocenters. The molecule has 28 heavy (non-hydrogen) atoms. The maximum Gasteiger partial charge on any atom is 0.266 e. The zero-order valence-electron chi connectivity index (χ0n) is 16.4. The van der Waals surface area contributed by atoms with Crippen molar-refractivity contribution < 1.29 is 4.79 Å². The maximum atomic E-state index is 12.6. The van der Waals surface area contributed by atoms with E-state index in [-0.39, 0.29) is 17.0 Å². The largest absolute Gasteiger partial charge is 0.341 e. The van der Waals surface area contributed by atoms with E-state index in [9.17, 15) is 14.9 Å². The Balaban J connectivity index is 1.69. The van der Waals surface area contributed by atoms with Crippen molar-refractivity contribution in [1.29, 1.82) is 5.26 Å². The van der Waals surface area contributed by atoms with E-state index in [0.717, 1.165) is 16.5 Å². The van der Waals surface area contributed by atoms with Crippen molar-refractivity contribution in [3.05, 3.63) is 80.8 Å². The lowest BCUT2D eigenvalue weighted by atomic mass is 9.99. The molecule has 0 saturated carbocycles. The first kappa shape index (κ1) is 19.4. The first-order valence-electron chi connectivity index (χ1n) is 9.24. The maximum absolute atomic E-state index is 12.6. The molecule has 3 aromatic rings. The Labute approximate surface area is 164 Å². The number of H-pyrrole nitrogens is 1. The summed E-state index contributed by atoms with van der Waals surface area (Å²) in [6.45, 7) is 4.10. The van der Waals surface area contributed by atoms with Gasteiger partial charge in [-0.15, -0.1) is 0 Å². The summed E-state index contributed by atoms with van der Waals surface area (Å²) in [5.41, 5.74) is 3.07. The van der Waals surface area contributed by atoms with Gasteiger partial charge in [0.05, 0.1) is 0 Å². The molecule has 0 aliphatic heterocycles. The highest BCUT2D eigenvalue weighted by atomic mass is 16.2. The predicted octanol–water partition coefficient (Wildman–Crippen LogP) is 3.61. The fourth-order valence-corrected chi connectivity index (χ4v) is 3.54. The van der Waals surface area contributed by atoms with Crippen LogP contribution >= 0.6 is 0 Å². The number of carbonyl (C=O) groups is 1. The molecule has 0 aliphatic rings. The number of benzene rings is 2. The molecule has 1 heterocycles. The smallest absolute Gasteiger partial charge is 0.266 e. The quantitative estimate of drug-likeness (QED) is 0.742. The van der Waals surface area contributed by atoms with Gasteiger partial charge in [-0.25, -0.2) is 0 Å². The average Bonchev–Trinajstić information content (AvgIpc) is 2.67. The summed E-state index contributed by atoms with van der Waals surface area (Å²) in [7, 11) is 1.80. The third kappa shape index (κ3) is 3.96. The molecule has 1 amide bonds. The van der Waals surface area contributed by atoms with Crippen molar-refractivity contribution in [2.45, 2.75) is 33.2 Å². The molecule has 0 fully saturated rings. The summed E-state index contributed by atoms with van der Waals surface area (Å²) >= 11 is 0. The normalized spacial score (nSPS) is 10.6. The zero-order chi connectivity index (χ0) is 20.3. The van der Waals surface area contributed by atoms with Crippen LogP contribution in [0.15, 0.2) is 47.3 Å². The minimum absolute atomic E-state index is 0.0247. The Kier molecular flexibility index (Phi) is 5.60. The van der Waals surface area contributed by atoms with Gasteiger partial charge in [-0.05, 0) is 53.8 Å². The van der Waals surface area contributed by atoms with Gasteiger partial charge in [-0.3, -0.25) is 9.59 Å². The predicted molar refractivity (Wildman–Crippen MR) is 110 cm³/mol. The van der Waals surface area contributed by atoms with Crippen LogP contribution in [0.1, 0.15) is 34.4 Å². The SMILES string of the molecule is Cc1[nH]c(=O)c(C#N)c(C)c1CCC(=O)N(C)Cc1ccc2ccccc2c1. The molecule has 0 aliphatic carbocycles. The second kappa shape index (κ2) is 8.10. The second-order valence-electron chi connectivity index (χ2n) is 7.10. The standard InChI is InChI=1S/C23H23N3O2/c1-15-20(16(2)25-23(28)21(15)13-24)10-11-22(27)26(3)14-17-8-9-18-6-4-5-7-19(18)12-17/h4-9,12H,10-11,14H2,1-3H3,(H,25,28). The second-order valence-corrected chi connectivity index (χ2v) is 7.10. The highest BCUT2D eigenvalue weighted by molar-refractivity contribution is 5.83. The number of hydrogen-bond donors (Lipinski definition) is 1. The Morgan fingerprint density at radius 3 is 2.57 bits per heavy atom. The molecule has 1 aromatic heterocycles. The van der Waals surface area contributed by atoms with E-state index in [0.29, 0.717) is 30.6 Å². The van der Waals surface area contributed by atoms with E-state index in [1.165, 1.54) is 5.39 Å². The Morgan fingerprint density at radius 1 is 1.14 bits per heavy atom. The Morgan fingerprint density at radius 2 is 1.86 bits per heavy atom. The van der Waals surface area contributed by atoms with Crippen LogP contribution in [0, 0.1) is 25.2 Å². The van der Waals surface area contributed by atoms with Crippen LogP contribution in [0.2, 0.25) is 0 Å². The molecule has 0 radical (unpaired) electrons.